The predicted molar refractivity (Wildman–Crippen MR) is 103 cm³/mol. The Morgan fingerprint density at radius 2 is 1.82 bits per heavy atom. The monoisotopic (exact) mass is 401 g/mol. The first-order valence-corrected chi connectivity index (χ1v) is 9.06. The summed E-state index contributed by atoms with van der Waals surface area (Å²) in [6, 6.07) is 10.9. The first kappa shape index (κ1) is 19.5. The Kier molecular flexibility index (Phi) is 5.70. The maximum Gasteiger partial charge on any atom is 0.349 e. The van der Waals surface area contributed by atoms with Gasteiger partial charge in [-0.2, -0.15) is 0 Å². The fraction of sp³-hybridized carbons (Fsp3) is 0.150. The maximum absolute atomic E-state index is 14.0. The minimum atomic E-state index is -0.713. The highest BCUT2D eigenvalue weighted by Crippen LogP contribution is 2.33. The number of thiophene rings is 1. The number of hydrogen-bond donors (Lipinski definition) is 1. The Morgan fingerprint density at radius 1 is 1.07 bits per heavy atom. The van der Waals surface area contributed by atoms with Gasteiger partial charge in [-0.1, -0.05) is 18.2 Å². The lowest BCUT2D eigenvalue weighted by molar-refractivity contribution is -0.119. The molecular weight excluding hydrogens is 385 g/mol. The van der Waals surface area contributed by atoms with E-state index in [0.29, 0.717) is 15.6 Å². The molecule has 0 aliphatic carbocycles. The van der Waals surface area contributed by atoms with Gasteiger partial charge in [0, 0.05) is 10.1 Å². The van der Waals surface area contributed by atoms with Gasteiger partial charge in [-0.15, -0.1) is 11.3 Å². The summed E-state index contributed by atoms with van der Waals surface area (Å²) in [5.74, 6) is -2.34. The lowest BCUT2D eigenvalue weighted by Crippen LogP contribution is -2.22. The Labute approximate surface area is 163 Å². The molecule has 3 aromatic rings. The number of hydrogen-bond acceptors (Lipinski definition) is 6. The summed E-state index contributed by atoms with van der Waals surface area (Å²) >= 11 is 1.10. The number of para-hydroxylation sites is 1. The van der Waals surface area contributed by atoms with Crippen LogP contribution in [0.2, 0.25) is 0 Å². The van der Waals surface area contributed by atoms with Crippen molar-refractivity contribution < 1.29 is 28.2 Å². The molecule has 3 rings (SSSR count). The average Bonchev–Trinajstić information content (AvgIpc) is 3.04. The van der Waals surface area contributed by atoms with Crippen LogP contribution in [0.25, 0.3) is 10.1 Å². The molecule has 0 bridgehead atoms. The van der Waals surface area contributed by atoms with Crippen LogP contribution in [0.4, 0.5) is 10.1 Å². The van der Waals surface area contributed by atoms with Crippen LogP contribution in [0.3, 0.4) is 0 Å². The van der Waals surface area contributed by atoms with Gasteiger partial charge in [-0.3, -0.25) is 4.79 Å². The third-order valence-corrected chi connectivity index (χ3v) is 5.27. The number of carbonyl (C=O) groups excluding carboxylic acids is 3. The van der Waals surface area contributed by atoms with E-state index in [1.165, 1.54) is 25.3 Å². The number of ether oxygens (including phenoxy) is 2. The van der Waals surface area contributed by atoms with Gasteiger partial charge < -0.3 is 14.8 Å². The van der Waals surface area contributed by atoms with E-state index in [9.17, 15) is 18.8 Å². The zero-order valence-electron chi connectivity index (χ0n) is 15.1. The first-order chi connectivity index (χ1) is 13.4. The van der Waals surface area contributed by atoms with E-state index in [1.807, 2.05) is 0 Å². The van der Waals surface area contributed by atoms with Crippen molar-refractivity contribution in [1.82, 2.24) is 0 Å². The number of halogens is 1. The number of aryl methyl sites for hydroxylation is 1. The molecule has 0 saturated heterocycles. The summed E-state index contributed by atoms with van der Waals surface area (Å²) in [4.78, 5) is 36.4. The summed E-state index contributed by atoms with van der Waals surface area (Å²) in [7, 11) is 1.24. The van der Waals surface area contributed by atoms with E-state index in [-0.39, 0.29) is 16.1 Å². The van der Waals surface area contributed by atoms with Crippen LogP contribution in [0.5, 0.6) is 0 Å². The number of carbonyl (C=O) groups is 3. The van der Waals surface area contributed by atoms with Crippen molar-refractivity contribution in [3.8, 4) is 0 Å². The molecule has 144 valence electrons. The largest absolute Gasteiger partial charge is 0.465 e. The highest BCUT2D eigenvalue weighted by molar-refractivity contribution is 7.21. The molecule has 2 aromatic carbocycles. The third kappa shape index (κ3) is 3.86. The SMILES string of the molecule is COC(=O)c1ccccc1NC(=O)COC(=O)c1sc2cccc(F)c2c1C. The van der Waals surface area contributed by atoms with Crippen LogP contribution in [0.15, 0.2) is 42.5 Å². The molecule has 0 spiro atoms. The van der Waals surface area contributed by atoms with E-state index in [1.54, 1.807) is 31.2 Å². The number of rotatable bonds is 5. The van der Waals surface area contributed by atoms with Crippen molar-refractivity contribution in [2.24, 2.45) is 0 Å². The molecule has 6 nitrogen and oxygen atoms in total. The topological polar surface area (TPSA) is 81.7 Å². The lowest BCUT2D eigenvalue weighted by atomic mass is 10.1. The number of fused-ring (bicyclic) bond motifs is 1. The van der Waals surface area contributed by atoms with Gasteiger partial charge in [0.05, 0.1) is 18.4 Å². The van der Waals surface area contributed by atoms with E-state index in [4.69, 9.17) is 4.74 Å². The van der Waals surface area contributed by atoms with Gasteiger partial charge in [-0.25, -0.2) is 14.0 Å². The highest BCUT2D eigenvalue weighted by atomic mass is 32.1. The van der Waals surface area contributed by atoms with Crippen LogP contribution >= 0.6 is 11.3 Å². The maximum atomic E-state index is 14.0. The number of anilines is 1. The summed E-state index contributed by atoms with van der Waals surface area (Å²) in [6.45, 7) is 1.08. The number of methoxy groups -OCH3 is 1. The fourth-order valence-corrected chi connectivity index (χ4v) is 3.83. The number of esters is 2. The van der Waals surface area contributed by atoms with Gasteiger partial charge in [0.15, 0.2) is 6.61 Å². The summed E-state index contributed by atoms with van der Waals surface area (Å²) < 4.78 is 24.3. The molecule has 1 heterocycles. The van der Waals surface area contributed by atoms with Crippen LogP contribution in [-0.2, 0) is 14.3 Å². The molecule has 0 aliphatic heterocycles. The standard InChI is InChI=1S/C20H16FNO5S/c1-11-17-13(21)7-5-9-15(17)28-18(11)20(25)27-10-16(23)22-14-8-4-3-6-12(14)19(24)26-2/h3-9H,10H2,1-2H3,(H,22,23). The molecule has 0 saturated carbocycles. The highest BCUT2D eigenvalue weighted by Gasteiger charge is 2.20. The van der Waals surface area contributed by atoms with Crippen molar-refractivity contribution in [3.63, 3.8) is 0 Å². The predicted octanol–water partition coefficient (Wildman–Crippen LogP) is 3.93. The van der Waals surface area contributed by atoms with Gasteiger partial charge in [0.2, 0.25) is 0 Å². The molecule has 28 heavy (non-hydrogen) atoms. The minimum Gasteiger partial charge on any atom is -0.465 e. The second-order valence-corrected chi connectivity index (χ2v) is 6.88. The third-order valence-electron chi connectivity index (χ3n) is 4.03. The van der Waals surface area contributed by atoms with Crippen molar-refractivity contribution in [2.75, 3.05) is 19.0 Å². The molecule has 0 unspecified atom stereocenters. The normalized spacial score (nSPS) is 10.5. The molecule has 0 radical (unpaired) electrons. The average molecular weight is 401 g/mol. The van der Waals surface area contributed by atoms with E-state index in [0.717, 1.165) is 11.3 Å². The summed E-state index contributed by atoms with van der Waals surface area (Å²) in [5.41, 5.74) is 0.899. The quantitative estimate of drug-likeness (QED) is 0.655. The van der Waals surface area contributed by atoms with Crippen LogP contribution in [-0.4, -0.2) is 31.6 Å². The van der Waals surface area contributed by atoms with Crippen molar-refractivity contribution in [3.05, 3.63) is 64.3 Å². The zero-order chi connectivity index (χ0) is 20.3. The summed E-state index contributed by atoms with van der Waals surface area (Å²) in [5, 5.41) is 2.88. The second-order valence-electron chi connectivity index (χ2n) is 5.83. The smallest absolute Gasteiger partial charge is 0.349 e. The molecule has 0 fully saturated rings. The fourth-order valence-electron chi connectivity index (χ4n) is 2.71. The van der Waals surface area contributed by atoms with Crippen LogP contribution < -0.4 is 5.32 Å². The molecule has 1 N–H and O–H groups in total. The molecular formula is C20H16FNO5S. The number of nitrogens with one attached hydrogen (secondary N) is 1. The zero-order valence-corrected chi connectivity index (χ0v) is 15.9. The summed E-state index contributed by atoms with van der Waals surface area (Å²) in [6.07, 6.45) is 0. The molecule has 0 atom stereocenters. The molecule has 1 aromatic heterocycles. The Hall–Kier alpha value is -3.26. The first-order valence-electron chi connectivity index (χ1n) is 8.24. The van der Waals surface area contributed by atoms with Crippen molar-refractivity contribution >= 4 is 45.0 Å². The van der Waals surface area contributed by atoms with Crippen molar-refractivity contribution in [1.29, 1.82) is 0 Å². The van der Waals surface area contributed by atoms with Gasteiger partial charge in [0.1, 0.15) is 10.7 Å². The van der Waals surface area contributed by atoms with E-state index in [2.05, 4.69) is 10.1 Å². The number of benzene rings is 2. The van der Waals surface area contributed by atoms with E-state index >= 15 is 0 Å². The Bertz CT molecular complexity index is 1080. The molecule has 8 heteroatoms. The van der Waals surface area contributed by atoms with Crippen molar-refractivity contribution in [2.45, 2.75) is 6.92 Å². The van der Waals surface area contributed by atoms with Gasteiger partial charge >= 0.3 is 11.9 Å². The van der Waals surface area contributed by atoms with E-state index < -0.39 is 30.3 Å². The Morgan fingerprint density at radius 3 is 2.54 bits per heavy atom. The van der Waals surface area contributed by atoms with Gasteiger partial charge in [0.25, 0.3) is 5.91 Å². The van der Waals surface area contributed by atoms with Crippen LogP contribution in [0.1, 0.15) is 25.6 Å². The van der Waals surface area contributed by atoms with Gasteiger partial charge in [-0.05, 0) is 36.8 Å². The second kappa shape index (κ2) is 8.18. The Balaban J connectivity index is 1.69. The van der Waals surface area contributed by atoms with Crippen LogP contribution in [0, 0.1) is 12.7 Å². The molecule has 1 amide bonds. The minimum absolute atomic E-state index is 0.181. The molecule has 0 aliphatic rings. The lowest BCUT2D eigenvalue weighted by Gasteiger charge is -2.09. The number of amides is 1.